The van der Waals surface area contributed by atoms with Gasteiger partial charge in [-0.15, -0.1) is 0 Å². The van der Waals surface area contributed by atoms with Crippen LogP contribution in [-0.4, -0.2) is 39.3 Å². The number of carbonyl (C=O) groups excluding carboxylic acids is 3. The smallest absolute Gasteiger partial charge is 0.171 e. The highest BCUT2D eigenvalue weighted by molar-refractivity contribution is 6.11. The molecule has 0 aromatic carbocycles. The third kappa shape index (κ3) is 4.33. The molecule has 0 spiro atoms. The maximum Gasteiger partial charge on any atom is 0.171 e. The van der Waals surface area contributed by atoms with Gasteiger partial charge in [0.25, 0.3) is 0 Å². The van der Waals surface area contributed by atoms with Crippen LogP contribution in [0.2, 0.25) is 0 Å². The molecule has 1 rings (SSSR count). The molecule has 1 aliphatic rings. The van der Waals surface area contributed by atoms with Crippen molar-refractivity contribution in [2.45, 2.75) is 66.1 Å². The molecule has 0 heterocycles. The van der Waals surface area contributed by atoms with Crippen molar-refractivity contribution >= 4 is 17.3 Å². The van der Waals surface area contributed by atoms with E-state index < -0.39 is 46.8 Å². The molecule has 0 aromatic heterocycles. The SMILES string of the molecule is CC(C)=CCC(=O)[C@@]1(O)C(CC=C(C)C)C(=O)C(C(=O)C(C)C)C1O. The van der Waals surface area contributed by atoms with Gasteiger partial charge in [0.15, 0.2) is 17.2 Å². The lowest BCUT2D eigenvalue weighted by atomic mass is 9.81. The minimum absolute atomic E-state index is 0.0862. The zero-order valence-electron chi connectivity index (χ0n) is 16.0. The number of aliphatic hydroxyl groups excluding tert-OH is 1. The van der Waals surface area contributed by atoms with Gasteiger partial charge in [-0.1, -0.05) is 37.1 Å². The number of aliphatic hydroxyl groups is 2. The molecule has 5 heteroatoms. The second-order valence-corrected chi connectivity index (χ2v) is 7.69. The molecule has 0 bridgehead atoms. The predicted octanol–water partition coefficient (Wildman–Crippen LogP) is 2.40. The quantitative estimate of drug-likeness (QED) is 0.543. The highest BCUT2D eigenvalue weighted by atomic mass is 16.4. The summed E-state index contributed by atoms with van der Waals surface area (Å²) >= 11 is 0. The third-order valence-electron chi connectivity index (χ3n) is 4.73. The number of ketones is 3. The van der Waals surface area contributed by atoms with Crippen molar-refractivity contribution in [2.75, 3.05) is 0 Å². The van der Waals surface area contributed by atoms with Crippen molar-refractivity contribution in [3.8, 4) is 0 Å². The maximum absolute atomic E-state index is 12.8. The Bertz CT molecular complexity index is 606. The molecule has 1 aliphatic carbocycles. The van der Waals surface area contributed by atoms with E-state index in [1.807, 2.05) is 27.7 Å². The van der Waals surface area contributed by atoms with E-state index in [2.05, 4.69) is 0 Å². The van der Waals surface area contributed by atoms with Crippen LogP contribution in [0, 0.1) is 17.8 Å². The van der Waals surface area contributed by atoms with Gasteiger partial charge in [-0.05, 0) is 34.1 Å². The van der Waals surface area contributed by atoms with Gasteiger partial charge in [-0.3, -0.25) is 14.4 Å². The standard InChI is InChI=1S/C20H30O5/c1-11(2)7-9-14-18(23)16(17(22)13(5)6)19(24)20(14,25)15(21)10-8-12(3)4/h7-8,13-14,16,19,24-25H,9-10H2,1-6H3/t14?,16?,19?,20-/m0/s1. The number of rotatable bonds is 7. The van der Waals surface area contributed by atoms with Crippen molar-refractivity contribution in [1.29, 1.82) is 0 Å². The summed E-state index contributed by atoms with van der Waals surface area (Å²) in [4.78, 5) is 37.9. The van der Waals surface area contributed by atoms with Crippen LogP contribution in [0.4, 0.5) is 0 Å². The fourth-order valence-electron chi connectivity index (χ4n) is 3.17. The summed E-state index contributed by atoms with van der Waals surface area (Å²) < 4.78 is 0. The molecule has 1 fully saturated rings. The van der Waals surface area contributed by atoms with Gasteiger partial charge in [0.1, 0.15) is 17.8 Å². The van der Waals surface area contributed by atoms with Gasteiger partial charge in [0.2, 0.25) is 0 Å². The molecule has 3 unspecified atom stereocenters. The molecule has 25 heavy (non-hydrogen) atoms. The van der Waals surface area contributed by atoms with E-state index >= 15 is 0 Å². The van der Waals surface area contributed by atoms with Crippen molar-refractivity contribution in [1.82, 2.24) is 0 Å². The molecule has 0 aromatic rings. The molecule has 4 atom stereocenters. The third-order valence-corrected chi connectivity index (χ3v) is 4.73. The Hall–Kier alpha value is -1.59. The van der Waals surface area contributed by atoms with Crippen LogP contribution >= 0.6 is 0 Å². The molecular weight excluding hydrogens is 320 g/mol. The van der Waals surface area contributed by atoms with Crippen LogP contribution in [0.5, 0.6) is 0 Å². The Morgan fingerprint density at radius 1 is 1.12 bits per heavy atom. The highest BCUT2D eigenvalue weighted by Gasteiger charge is 2.64. The predicted molar refractivity (Wildman–Crippen MR) is 95.9 cm³/mol. The summed E-state index contributed by atoms with van der Waals surface area (Å²) in [6, 6.07) is 0. The van der Waals surface area contributed by atoms with Gasteiger partial charge in [0, 0.05) is 12.3 Å². The molecular formula is C20H30O5. The van der Waals surface area contributed by atoms with Crippen LogP contribution in [0.15, 0.2) is 23.3 Å². The maximum atomic E-state index is 12.8. The van der Waals surface area contributed by atoms with E-state index in [1.165, 1.54) is 0 Å². The monoisotopic (exact) mass is 350 g/mol. The molecule has 0 radical (unpaired) electrons. The zero-order chi connectivity index (χ0) is 19.5. The van der Waals surface area contributed by atoms with E-state index in [0.29, 0.717) is 0 Å². The molecule has 5 nitrogen and oxygen atoms in total. The van der Waals surface area contributed by atoms with Crippen LogP contribution in [0.25, 0.3) is 0 Å². The summed E-state index contributed by atoms with van der Waals surface area (Å²) in [6.07, 6.45) is 1.72. The first kappa shape index (κ1) is 21.5. The molecule has 140 valence electrons. The van der Waals surface area contributed by atoms with Crippen LogP contribution in [0.1, 0.15) is 54.4 Å². The van der Waals surface area contributed by atoms with E-state index in [4.69, 9.17) is 0 Å². The van der Waals surface area contributed by atoms with Gasteiger partial charge in [-0.25, -0.2) is 0 Å². The minimum Gasteiger partial charge on any atom is -0.388 e. The number of hydrogen-bond acceptors (Lipinski definition) is 5. The van der Waals surface area contributed by atoms with E-state index in [0.717, 1.165) is 11.1 Å². The minimum atomic E-state index is -2.23. The summed E-state index contributed by atoms with van der Waals surface area (Å²) in [5.41, 5.74) is -0.407. The van der Waals surface area contributed by atoms with Crippen molar-refractivity contribution < 1.29 is 24.6 Å². The van der Waals surface area contributed by atoms with Crippen molar-refractivity contribution in [2.24, 2.45) is 17.8 Å². The number of allylic oxidation sites excluding steroid dienone is 4. The summed E-state index contributed by atoms with van der Waals surface area (Å²) in [5.74, 6) is -4.54. The molecule has 0 amide bonds. The Morgan fingerprint density at radius 2 is 1.64 bits per heavy atom. The zero-order valence-corrected chi connectivity index (χ0v) is 16.0. The number of Topliss-reactive ketones (excluding diaryl/α,β-unsaturated/α-hetero) is 3. The summed E-state index contributed by atoms with van der Waals surface area (Å²) in [5, 5.41) is 21.7. The van der Waals surface area contributed by atoms with Crippen molar-refractivity contribution in [3.63, 3.8) is 0 Å². The second kappa shape index (κ2) is 8.19. The first-order valence-corrected chi connectivity index (χ1v) is 8.72. The Balaban J connectivity index is 3.34. The average Bonchev–Trinajstić information content (AvgIpc) is 2.69. The first-order chi connectivity index (χ1) is 11.4. The molecule has 0 saturated heterocycles. The van der Waals surface area contributed by atoms with E-state index in [1.54, 1.807) is 26.0 Å². The van der Waals surface area contributed by atoms with Crippen LogP contribution < -0.4 is 0 Å². The summed E-state index contributed by atoms with van der Waals surface area (Å²) in [7, 11) is 0. The fraction of sp³-hybridized carbons (Fsp3) is 0.650. The topological polar surface area (TPSA) is 91.7 Å². The lowest BCUT2D eigenvalue weighted by molar-refractivity contribution is -0.156. The second-order valence-electron chi connectivity index (χ2n) is 7.69. The molecule has 0 aliphatic heterocycles. The average molecular weight is 350 g/mol. The molecule has 2 N–H and O–H groups in total. The van der Waals surface area contributed by atoms with E-state index in [-0.39, 0.29) is 12.8 Å². The lowest BCUT2D eigenvalue weighted by Gasteiger charge is -2.30. The van der Waals surface area contributed by atoms with Crippen molar-refractivity contribution in [3.05, 3.63) is 23.3 Å². The largest absolute Gasteiger partial charge is 0.388 e. The van der Waals surface area contributed by atoms with Gasteiger partial charge in [0.05, 0.1) is 5.92 Å². The Kier molecular flexibility index (Phi) is 7.03. The summed E-state index contributed by atoms with van der Waals surface area (Å²) in [6.45, 7) is 10.6. The van der Waals surface area contributed by atoms with Gasteiger partial charge >= 0.3 is 0 Å². The number of carbonyl (C=O) groups is 3. The van der Waals surface area contributed by atoms with Crippen LogP contribution in [-0.2, 0) is 14.4 Å². The van der Waals surface area contributed by atoms with Crippen LogP contribution in [0.3, 0.4) is 0 Å². The number of hydrogen-bond donors (Lipinski definition) is 2. The molecule has 1 saturated carbocycles. The normalized spacial score (nSPS) is 28.8. The Labute approximate surface area is 149 Å². The fourth-order valence-corrected chi connectivity index (χ4v) is 3.17. The first-order valence-electron chi connectivity index (χ1n) is 8.72. The Morgan fingerprint density at radius 3 is 2.08 bits per heavy atom. The van der Waals surface area contributed by atoms with E-state index in [9.17, 15) is 24.6 Å². The highest BCUT2D eigenvalue weighted by Crippen LogP contribution is 2.42. The van der Waals surface area contributed by atoms with Gasteiger partial charge < -0.3 is 10.2 Å². The van der Waals surface area contributed by atoms with Gasteiger partial charge in [-0.2, -0.15) is 0 Å². The lowest BCUT2D eigenvalue weighted by Crippen LogP contribution is -2.52.